The van der Waals surface area contributed by atoms with Crippen LogP contribution in [0.4, 0.5) is 0 Å². The maximum atomic E-state index is 9.19. The molecule has 20 heavy (non-hydrogen) atoms. The Kier molecular flexibility index (Phi) is 3.64. The van der Waals surface area contributed by atoms with E-state index in [9.17, 15) is 5.26 Å². The summed E-state index contributed by atoms with van der Waals surface area (Å²) in [6.07, 6.45) is 3.08. The number of hydrogen-bond donors (Lipinski definition) is 1. The summed E-state index contributed by atoms with van der Waals surface area (Å²) in [6, 6.07) is 7.94. The van der Waals surface area contributed by atoms with Crippen LogP contribution in [-0.2, 0) is 4.74 Å². The second kappa shape index (κ2) is 5.43. The van der Waals surface area contributed by atoms with Crippen molar-refractivity contribution in [2.45, 2.75) is 37.9 Å². The van der Waals surface area contributed by atoms with E-state index in [0.29, 0.717) is 17.9 Å². The molecule has 1 aromatic carbocycles. The summed E-state index contributed by atoms with van der Waals surface area (Å²) in [6.45, 7) is 4.63. The van der Waals surface area contributed by atoms with Crippen molar-refractivity contribution in [3.8, 4) is 11.8 Å². The quantitative estimate of drug-likeness (QED) is 0.896. The lowest BCUT2D eigenvalue weighted by Crippen LogP contribution is -2.41. The normalized spacial score (nSPS) is 24.5. The summed E-state index contributed by atoms with van der Waals surface area (Å²) in [4.78, 5) is 0. The van der Waals surface area contributed by atoms with Gasteiger partial charge in [0.1, 0.15) is 17.9 Å². The van der Waals surface area contributed by atoms with Crippen molar-refractivity contribution in [1.29, 1.82) is 5.26 Å². The highest BCUT2D eigenvalue weighted by atomic mass is 16.6. The van der Waals surface area contributed by atoms with Crippen LogP contribution in [-0.4, -0.2) is 31.4 Å². The topological polar surface area (TPSA) is 54.3 Å². The molecule has 4 heteroatoms. The van der Waals surface area contributed by atoms with Gasteiger partial charge in [0.15, 0.2) is 0 Å². The maximum Gasteiger partial charge on any atom is 0.137 e. The molecule has 1 atom stereocenters. The summed E-state index contributed by atoms with van der Waals surface area (Å²) in [5, 5.41) is 12.6. The number of nitriles is 1. The molecule has 0 amide bonds. The Morgan fingerprint density at radius 3 is 2.95 bits per heavy atom. The smallest absolute Gasteiger partial charge is 0.137 e. The Hall–Kier alpha value is -1.57. The lowest BCUT2D eigenvalue weighted by atomic mass is 9.89. The van der Waals surface area contributed by atoms with Gasteiger partial charge >= 0.3 is 0 Å². The molecular weight excluding hydrogens is 252 g/mol. The van der Waals surface area contributed by atoms with Gasteiger partial charge in [-0.25, -0.2) is 0 Å². The lowest BCUT2D eigenvalue weighted by Gasteiger charge is -2.32. The van der Waals surface area contributed by atoms with E-state index in [0.717, 1.165) is 37.9 Å². The molecule has 1 unspecified atom stereocenters. The fourth-order valence-electron chi connectivity index (χ4n) is 3.12. The van der Waals surface area contributed by atoms with E-state index in [-0.39, 0.29) is 11.7 Å². The Balaban J connectivity index is 1.69. The Morgan fingerprint density at radius 1 is 1.40 bits per heavy atom. The zero-order valence-electron chi connectivity index (χ0n) is 11.8. The van der Waals surface area contributed by atoms with Gasteiger partial charge in [-0.15, -0.1) is 0 Å². The molecule has 0 saturated carbocycles. The summed E-state index contributed by atoms with van der Waals surface area (Å²) < 4.78 is 12.0. The highest BCUT2D eigenvalue weighted by Crippen LogP contribution is 2.36. The molecule has 2 saturated heterocycles. The number of rotatable bonds is 2. The standard InChI is InChI=1S/C16H20N2O2/c1-12-2-3-15(13(8-12)10-17)20-14-9-16(19-11-14)4-6-18-7-5-16/h2-3,8,14,18H,4-7,9,11H2,1H3. The summed E-state index contributed by atoms with van der Waals surface area (Å²) >= 11 is 0. The van der Waals surface area contributed by atoms with Gasteiger partial charge in [-0.05, 0) is 50.6 Å². The van der Waals surface area contributed by atoms with E-state index in [4.69, 9.17) is 9.47 Å². The van der Waals surface area contributed by atoms with Crippen molar-refractivity contribution < 1.29 is 9.47 Å². The van der Waals surface area contributed by atoms with Gasteiger partial charge in [0.25, 0.3) is 0 Å². The first kappa shape index (κ1) is 13.4. The molecule has 2 heterocycles. The molecule has 1 aromatic rings. The minimum Gasteiger partial charge on any atom is -0.487 e. The number of piperidine rings is 1. The van der Waals surface area contributed by atoms with Gasteiger partial charge < -0.3 is 14.8 Å². The van der Waals surface area contributed by atoms with Gasteiger partial charge in [0.05, 0.1) is 17.8 Å². The number of ether oxygens (including phenoxy) is 2. The minimum absolute atomic E-state index is 0.00653. The van der Waals surface area contributed by atoms with E-state index in [1.54, 1.807) is 0 Å². The molecule has 0 aliphatic carbocycles. The fourth-order valence-corrected chi connectivity index (χ4v) is 3.12. The molecule has 2 aliphatic heterocycles. The zero-order chi connectivity index (χ0) is 14.0. The number of aryl methyl sites for hydroxylation is 1. The zero-order valence-corrected chi connectivity index (χ0v) is 11.8. The third-order valence-corrected chi connectivity index (χ3v) is 4.24. The van der Waals surface area contributed by atoms with Crippen LogP contribution in [0.25, 0.3) is 0 Å². The number of benzene rings is 1. The molecule has 3 rings (SSSR count). The third kappa shape index (κ3) is 2.65. The highest BCUT2D eigenvalue weighted by molar-refractivity contribution is 5.45. The van der Waals surface area contributed by atoms with Crippen LogP contribution >= 0.6 is 0 Å². The first-order valence-corrected chi connectivity index (χ1v) is 7.23. The monoisotopic (exact) mass is 272 g/mol. The third-order valence-electron chi connectivity index (χ3n) is 4.24. The molecule has 1 spiro atoms. The average molecular weight is 272 g/mol. The van der Waals surface area contributed by atoms with Crippen molar-refractivity contribution in [3.63, 3.8) is 0 Å². The average Bonchev–Trinajstić information content (AvgIpc) is 2.84. The van der Waals surface area contributed by atoms with Crippen LogP contribution in [0, 0.1) is 18.3 Å². The number of nitrogens with zero attached hydrogens (tertiary/aromatic N) is 1. The summed E-state index contributed by atoms with van der Waals surface area (Å²) in [5.74, 6) is 0.678. The van der Waals surface area contributed by atoms with E-state index < -0.39 is 0 Å². The predicted octanol–water partition coefficient (Wildman–Crippen LogP) is 2.16. The van der Waals surface area contributed by atoms with Crippen LogP contribution in [0.5, 0.6) is 5.75 Å². The molecule has 2 aliphatic rings. The van der Waals surface area contributed by atoms with Crippen LogP contribution in [0.15, 0.2) is 18.2 Å². The van der Waals surface area contributed by atoms with Crippen molar-refractivity contribution in [2.75, 3.05) is 19.7 Å². The second-order valence-electron chi connectivity index (χ2n) is 5.80. The van der Waals surface area contributed by atoms with Crippen molar-refractivity contribution in [2.24, 2.45) is 0 Å². The van der Waals surface area contributed by atoms with Gasteiger partial charge in [-0.2, -0.15) is 5.26 Å². The molecule has 0 aromatic heterocycles. The van der Waals surface area contributed by atoms with E-state index in [1.807, 2.05) is 25.1 Å². The minimum atomic E-state index is -0.00653. The van der Waals surface area contributed by atoms with Gasteiger partial charge in [0.2, 0.25) is 0 Å². The first-order valence-electron chi connectivity index (χ1n) is 7.23. The highest BCUT2D eigenvalue weighted by Gasteiger charge is 2.42. The van der Waals surface area contributed by atoms with Crippen molar-refractivity contribution in [3.05, 3.63) is 29.3 Å². The summed E-state index contributed by atoms with van der Waals surface area (Å²) in [7, 11) is 0. The molecule has 2 fully saturated rings. The van der Waals surface area contributed by atoms with Gasteiger partial charge in [-0.1, -0.05) is 6.07 Å². The lowest BCUT2D eigenvalue weighted by molar-refractivity contribution is -0.0205. The number of hydrogen-bond acceptors (Lipinski definition) is 4. The van der Waals surface area contributed by atoms with Crippen LogP contribution in [0.1, 0.15) is 30.4 Å². The molecule has 0 radical (unpaired) electrons. The first-order chi connectivity index (χ1) is 9.71. The molecule has 1 N–H and O–H groups in total. The molecule has 4 nitrogen and oxygen atoms in total. The molecular formula is C16H20N2O2. The van der Waals surface area contributed by atoms with E-state index in [2.05, 4.69) is 11.4 Å². The van der Waals surface area contributed by atoms with E-state index in [1.165, 1.54) is 0 Å². The predicted molar refractivity (Wildman–Crippen MR) is 75.7 cm³/mol. The Morgan fingerprint density at radius 2 is 2.20 bits per heavy atom. The van der Waals surface area contributed by atoms with E-state index >= 15 is 0 Å². The number of nitrogens with one attached hydrogen (secondary N) is 1. The van der Waals surface area contributed by atoms with Crippen molar-refractivity contribution in [1.82, 2.24) is 5.32 Å². The SMILES string of the molecule is Cc1ccc(OC2COC3(CCNCC3)C2)c(C#N)c1. The molecule has 0 bridgehead atoms. The summed E-state index contributed by atoms with van der Waals surface area (Å²) in [5.41, 5.74) is 1.68. The molecule has 106 valence electrons. The fraction of sp³-hybridized carbons (Fsp3) is 0.562. The largest absolute Gasteiger partial charge is 0.487 e. The van der Waals surface area contributed by atoms with Crippen LogP contribution in [0.2, 0.25) is 0 Å². The second-order valence-corrected chi connectivity index (χ2v) is 5.80. The van der Waals surface area contributed by atoms with Gasteiger partial charge in [0, 0.05) is 6.42 Å². The maximum absolute atomic E-state index is 9.19. The van der Waals surface area contributed by atoms with Crippen LogP contribution in [0.3, 0.4) is 0 Å². The van der Waals surface area contributed by atoms with Gasteiger partial charge in [-0.3, -0.25) is 0 Å². The van der Waals surface area contributed by atoms with Crippen molar-refractivity contribution >= 4 is 0 Å². The Labute approximate surface area is 119 Å². The Bertz CT molecular complexity index is 530. The van der Waals surface area contributed by atoms with Crippen LogP contribution < -0.4 is 10.1 Å².